The van der Waals surface area contributed by atoms with E-state index in [1.165, 1.54) is 12.8 Å². The van der Waals surface area contributed by atoms with Gasteiger partial charge < -0.3 is 5.73 Å². The molecule has 0 aliphatic heterocycles. The molecule has 1 aromatic carbocycles. The van der Waals surface area contributed by atoms with E-state index >= 15 is 0 Å². The molecule has 3 heteroatoms. The lowest BCUT2D eigenvalue weighted by Gasteiger charge is -2.25. The summed E-state index contributed by atoms with van der Waals surface area (Å²) in [5.41, 5.74) is 7.35. The molecule has 2 N–H and O–H groups in total. The molecule has 76 valence electrons. The van der Waals surface area contributed by atoms with Gasteiger partial charge in [-0.2, -0.15) is 0 Å². The fourth-order valence-electron chi connectivity index (χ4n) is 2.15. The van der Waals surface area contributed by atoms with Gasteiger partial charge in [0.25, 0.3) is 0 Å². The van der Waals surface area contributed by atoms with Gasteiger partial charge >= 0.3 is 0 Å². The van der Waals surface area contributed by atoms with Gasteiger partial charge in [0.1, 0.15) is 0 Å². The Morgan fingerprint density at radius 3 is 2.57 bits per heavy atom. The van der Waals surface area contributed by atoms with E-state index in [9.17, 15) is 0 Å². The van der Waals surface area contributed by atoms with Crippen molar-refractivity contribution < 1.29 is 0 Å². The highest BCUT2D eigenvalue weighted by Crippen LogP contribution is 2.40. The predicted molar refractivity (Wildman–Crippen MR) is 63.5 cm³/mol. The highest BCUT2D eigenvalue weighted by molar-refractivity contribution is 9.10. The van der Waals surface area contributed by atoms with E-state index in [1.807, 2.05) is 18.2 Å². The fraction of sp³-hybridized carbons (Fsp3) is 0.455. The van der Waals surface area contributed by atoms with Gasteiger partial charge in [0.15, 0.2) is 0 Å². The second-order valence-electron chi connectivity index (χ2n) is 3.99. The molecule has 0 amide bonds. The highest BCUT2D eigenvalue weighted by atomic mass is 79.9. The summed E-state index contributed by atoms with van der Waals surface area (Å²) in [6.45, 7) is 0. The van der Waals surface area contributed by atoms with Crippen LogP contribution >= 0.6 is 27.5 Å². The maximum atomic E-state index is 6.36. The fourth-order valence-corrected chi connectivity index (χ4v) is 2.97. The standard InChI is InChI=1S/C11H13BrClN/c12-10-4-3-8(13)7-9(10)11(14)5-1-2-6-11/h3-4,7H,1-2,5-6,14H2. The van der Waals surface area contributed by atoms with Crippen molar-refractivity contribution in [2.45, 2.75) is 31.2 Å². The molecule has 0 spiro atoms. The first kappa shape index (κ1) is 10.5. The molecule has 0 saturated heterocycles. The number of hydrogen-bond acceptors (Lipinski definition) is 1. The molecule has 1 saturated carbocycles. The molecule has 0 aromatic heterocycles. The average Bonchev–Trinajstić information content (AvgIpc) is 2.58. The predicted octanol–water partition coefficient (Wildman–Crippen LogP) is 3.83. The summed E-state index contributed by atoms with van der Waals surface area (Å²) in [5.74, 6) is 0. The molecule has 1 aromatic rings. The van der Waals surface area contributed by atoms with E-state index < -0.39 is 0 Å². The van der Waals surface area contributed by atoms with Crippen LogP contribution in [0.25, 0.3) is 0 Å². The van der Waals surface area contributed by atoms with E-state index in [4.69, 9.17) is 17.3 Å². The summed E-state index contributed by atoms with van der Waals surface area (Å²) in [6.07, 6.45) is 4.56. The minimum Gasteiger partial charge on any atom is -0.321 e. The van der Waals surface area contributed by atoms with Crippen molar-refractivity contribution >= 4 is 27.5 Å². The maximum Gasteiger partial charge on any atom is 0.0421 e. The van der Waals surface area contributed by atoms with E-state index in [-0.39, 0.29) is 5.54 Å². The van der Waals surface area contributed by atoms with E-state index in [0.29, 0.717) is 0 Å². The van der Waals surface area contributed by atoms with Crippen molar-refractivity contribution in [2.75, 3.05) is 0 Å². The van der Waals surface area contributed by atoms with Crippen LogP contribution < -0.4 is 5.73 Å². The van der Waals surface area contributed by atoms with Crippen LogP contribution in [0.2, 0.25) is 5.02 Å². The number of benzene rings is 1. The molecule has 0 bridgehead atoms. The number of rotatable bonds is 1. The Balaban J connectivity index is 2.44. The van der Waals surface area contributed by atoms with Crippen LogP contribution in [0.15, 0.2) is 22.7 Å². The van der Waals surface area contributed by atoms with Crippen molar-refractivity contribution in [3.05, 3.63) is 33.3 Å². The molecular formula is C11H13BrClN. The molecular weight excluding hydrogens is 261 g/mol. The summed E-state index contributed by atoms with van der Waals surface area (Å²) in [6, 6.07) is 5.84. The molecule has 1 fully saturated rings. The Bertz CT molecular complexity index is 345. The van der Waals surface area contributed by atoms with Crippen LogP contribution in [0.4, 0.5) is 0 Å². The number of halogens is 2. The van der Waals surface area contributed by atoms with Crippen molar-refractivity contribution in [3.8, 4) is 0 Å². The lowest BCUT2D eigenvalue weighted by molar-refractivity contribution is 0.459. The minimum absolute atomic E-state index is 0.163. The Kier molecular flexibility index (Phi) is 2.87. The molecule has 0 heterocycles. The molecule has 0 atom stereocenters. The van der Waals surface area contributed by atoms with E-state index in [2.05, 4.69) is 15.9 Å². The largest absolute Gasteiger partial charge is 0.321 e. The van der Waals surface area contributed by atoms with Gasteiger partial charge in [-0.05, 0) is 36.6 Å². The molecule has 1 aliphatic carbocycles. The van der Waals surface area contributed by atoms with Crippen LogP contribution in [-0.4, -0.2) is 0 Å². The summed E-state index contributed by atoms with van der Waals surface area (Å²) in [7, 11) is 0. The number of hydrogen-bond donors (Lipinski definition) is 1. The lowest BCUT2D eigenvalue weighted by Crippen LogP contribution is -2.33. The SMILES string of the molecule is NC1(c2cc(Cl)ccc2Br)CCCC1. The van der Waals surface area contributed by atoms with E-state index in [1.54, 1.807) is 0 Å². The normalized spacial score (nSPS) is 19.9. The van der Waals surface area contributed by atoms with Gasteiger partial charge in [0.2, 0.25) is 0 Å². The molecule has 1 nitrogen and oxygen atoms in total. The second kappa shape index (κ2) is 3.84. The zero-order valence-corrected chi connectivity index (χ0v) is 10.2. The molecule has 0 unspecified atom stereocenters. The van der Waals surface area contributed by atoms with Crippen LogP contribution in [0, 0.1) is 0 Å². The zero-order valence-electron chi connectivity index (χ0n) is 7.89. The van der Waals surface area contributed by atoms with Crippen molar-refractivity contribution in [1.82, 2.24) is 0 Å². The molecule has 2 rings (SSSR count). The third-order valence-electron chi connectivity index (χ3n) is 2.96. The van der Waals surface area contributed by atoms with Crippen LogP contribution in [0.5, 0.6) is 0 Å². The van der Waals surface area contributed by atoms with Gasteiger partial charge in [-0.1, -0.05) is 40.4 Å². The first-order valence-electron chi connectivity index (χ1n) is 4.86. The third kappa shape index (κ3) is 1.83. The van der Waals surface area contributed by atoms with Crippen LogP contribution in [0.3, 0.4) is 0 Å². The Morgan fingerprint density at radius 1 is 1.29 bits per heavy atom. The lowest BCUT2D eigenvalue weighted by atomic mass is 9.89. The van der Waals surface area contributed by atoms with Gasteiger partial charge in [0, 0.05) is 15.0 Å². The second-order valence-corrected chi connectivity index (χ2v) is 5.28. The van der Waals surface area contributed by atoms with Crippen LogP contribution in [0.1, 0.15) is 31.2 Å². The van der Waals surface area contributed by atoms with Gasteiger partial charge in [-0.3, -0.25) is 0 Å². The topological polar surface area (TPSA) is 26.0 Å². The van der Waals surface area contributed by atoms with Crippen molar-refractivity contribution in [2.24, 2.45) is 5.73 Å². The van der Waals surface area contributed by atoms with Crippen molar-refractivity contribution in [3.63, 3.8) is 0 Å². The minimum atomic E-state index is -0.163. The quantitative estimate of drug-likeness (QED) is 0.827. The van der Waals surface area contributed by atoms with Gasteiger partial charge in [0.05, 0.1) is 0 Å². The number of nitrogens with two attached hydrogens (primary N) is 1. The monoisotopic (exact) mass is 273 g/mol. The summed E-state index contributed by atoms with van der Waals surface area (Å²) >= 11 is 9.52. The summed E-state index contributed by atoms with van der Waals surface area (Å²) < 4.78 is 1.08. The Labute approximate surface area is 97.8 Å². The van der Waals surface area contributed by atoms with Crippen LogP contribution in [-0.2, 0) is 5.54 Å². The summed E-state index contributed by atoms with van der Waals surface area (Å²) in [4.78, 5) is 0. The van der Waals surface area contributed by atoms with E-state index in [0.717, 1.165) is 27.9 Å². The first-order valence-corrected chi connectivity index (χ1v) is 6.03. The smallest absolute Gasteiger partial charge is 0.0421 e. The van der Waals surface area contributed by atoms with Gasteiger partial charge in [-0.15, -0.1) is 0 Å². The van der Waals surface area contributed by atoms with Crippen molar-refractivity contribution in [1.29, 1.82) is 0 Å². The first-order chi connectivity index (χ1) is 6.62. The molecule has 0 radical (unpaired) electrons. The summed E-state index contributed by atoms with van der Waals surface area (Å²) in [5, 5.41) is 0.764. The molecule has 14 heavy (non-hydrogen) atoms. The van der Waals surface area contributed by atoms with Gasteiger partial charge in [-0.25, -0.2) is 0 Å². The zero-order chi connectivity index (χ0) is 10.2. The third-order valence-corrected chi connectivity index (χ3v) is 3.89. The Morgan fingerprint density at radius 2 is 1.93 bits per heavy atom. The maximum absolute atomic E-state index is 6.36. The molecule has 1 aliphatic rings. The highest BCUT2D eigenvalue weighted by Gasteiger charge is 2.32. The Hall–Kier alpha value is -0.0500. The average molecular weight is 275 g/mol.